The van der Waals surface area contributed by atoms with Crippen LogP contribution >= 0.6 is 23.1 Å². The summed E-state index contributed by atoms with van der Waals surface area (Å²) in [6, 6.07) is 3.92. The van der Waals surface area contributed by atoms with Crippen molar-refractivity contribution in [3.8, 4) is 10.7 Å². The number of thiophene rings is 1. The summed E-state index contributed by atoms with van der Waals surface area (Å²) in [5.74, 6) is 0.110. The van der Waals surface area contributed by atoms with Crippen LogP contribution in [0.25, 0.3) is 10.7 Å². The number of Topliss-reactive ketones (excluding diaryl/α,β-unsaturated/α-hetero) is 1. The molecule has 10 nitrogen and oxygen atoms in total. The van der Waals surface area contributed by atoms with Gasteiger partial charge in [-0.15, -0.1) is 21.5 Å². The van der Waals surface area contributed by atoms with Crippen LogP contribution in [0.2, 0.25) is 0 Å². The number of ether oxygens (including phenoxy) is 1. The highest BCUT2D eigenvalue weighted by atomic mass is 32.2. The second-order valence-corrected chi connectivity index (χ2v) is 9.88. The molecule has 2 atom stereocenters. The maximum atomic E-state index is 13.2. The van der Waals surface area contributed by atoms with Crippen molar-refractivity contribution in [3.63, 3.8) is 0 Å². The molecule has 0 bridgehead atoms. The molecule has 1 saturated heterocycles. The molecule has 2 N–H and O–H groups in total. The van der Waals surface area contributed by atoms with E-state index in [2.05, 4.69) is 10.2 Å². The molecule has 12 heteroatoms. The van der Waals surface area contributed by atoms with E-state index in [1.807, 2.05) is 22.1 Å². The van der Waals surface area contributed by atoms with Gasteiger partial charge in [0.15, 0.2) is 16.8 Å². The van der Waals surface area contributed by atoms with E-state index in [1.54, 1.807) is 18.3 Å². The SMILES string of the molecule is C[C@H](Sc1nnc(-c2cccs2)n1C[C@H]1CCCO1)C(=O)c1c(N)n(C)c(=O)n(C)c1=O. The van der Waals surface area contributed by atoms with E-state index in [1.165, 1.54) is 25.9 Å². The van der Waals surface area contributed by atoms with Gasteiger partial charge in [0.25, 0.3) is 5.56 Å². The van der Waals surface area contributed by atoms with Gasteiger partial charge in [-0.2, -0.15) is 0 Å². The molecule has 4 rings (SSSR count). The average Bonchev–Trinajstić information content (AvgIpc) is 3.54. The van der Waals surface area contributed by atoms with Gasteiger partial charge >= 0.3 is 5.69 Å². The number of anilines is 1. The van der Waals surface area contributed by atoms with Crippen LogP contribution in [0.3, 0.4) is 0 Å². The summed E-state index contributed by atoms with van der Waals surface area (Å²) in [5, 5.41) is 10.5. The third kappa shape index (κ3) is 4.05. The third-order valence-corrected chi connectivity index (χ3v) is 7.42. The number of hydrogen-bond donors (Lipinski definition) is 1. The zero-order chi connectivity index (χ0) is 23.0. The number of hydrogen-bond acceptors (Lipinski definition) is 9. The predicted octanol–water partition coefficient (Wildman–Crippen LogP) is 1.53. The minimum Gasteiger partial charge on any atom is -0.384 e. The van der Waals surface area contributed by atoms with Gasteiger partial charge in [0, 0.05) is 20.7 Å². The molecule has 170 valence electrons. The van der Waals surface area contributed by atoms with Crippen molar-refractivity contribution in [2.75, 3.05) is 12.3 Å². The molecule has 1 fully saturated rings. The summed E-state index contributed by atoms with van der Waals surface area (Å²) in [6.45, 7) is 2.99. The van der Waals surface area contributed by atoms with Crippen LogP contribution in [-0.4, -0.2) is 47.6 Å². The van der Waals surface area contributed by atoms with Crippen molar-refractivity contribution in [3.05, 3.63) is 43.9 Å². The summed E-state index contributed by atoms with van der Waals surface area (Å²) in [7, 11) is 2.75. The van der Waals surface area contributed by atoms with E-state index in [9.17, 15) is 14.4 Å². The fourth-order valence-corrected chi connectivity index (χ4v) is 5.26. The predicted molar refractivity (Wildman–Crippen MR) is 123 cm³/mol. The number of ketones is 1. The van der Waals surface area contributed by atoms with Crippen LogP contribution in [0.4, 0.5) is 5.82 Å². The number of nitrogen functional groups attached to an aromatic ring is 1. The Kier molecular flexibility index (Phi) is 6.35. The molecule has 0 saturated carbocycles. The molecule has 0 aliphatic carbocycles. The van der Waals surface area contributed by atoms with Crippen molar-refractivity contribution < 1.29 is 9.53 Å². The number of carbonyl (C=O) groups is 1. The van der Waals surface area contributed by atoms with E-state index in [0.29, 0.717) is 11.7 Å². The Morgan fingerprint density at radius 1 is 1.34 bits per heavy atom. The Bertz CT molecular complexity index is 1250. The third-order valence-electron chi connectivity index (χ3n) is 5.48. The van der Waals surface area contributed by atoms with Crippen molar-refractivity contribution >= 4 is 34.7 Å². The molecule has 1 aliphatic rings. The first-order valence-electron chi connectivity index (χ1n) is 10.1. The van der Waals surface area contributed by atoms with Crippen LogP contribution in [0, 0.1) is 0 Å². The molecular formula is C20H24N6O4S2. The highest BCUT2D eigenvalue weighted by molar-refractivity contribution is 8.00. The monoisotopic (exact) mass is 476 g/mol. The summed E-state index contributed by atoms with van der Waals surface area (Å²) in [6.07, 6.45) is 2.01. The zero-order valence-electron chi connectivity index (χ0n) is 18.0. The Hall–Kier alpha value is -2.70. The summed E-state index contributed by atoms with van der Waals surface area (Å²) < 4.78 is 9.76. The zero-order valence-corrected chi connectivity index (χ0v) is 19.6. The topological polar surface area (TPSA) is 127 Å². The van der Waals surface area contributed by atoms with Gasteiger partial charge in [-0.05, 0) is 31.2 Å². The highest BCUT2D eigenvalue weighted by Gasteiger charge is 2.28. The normalized spacial score (nSPS) is 17.0. The highest BCUT2D eigenvalue weighted by Crippen LogP contribution is 2.31. The van der Waals surface area contributed by atoms with Crippen LogP contribution < -0.4 is 17.0 Å². The number of aromatic nitrogens is 5. The van der Waals surface area contributed by atoms with Gasteiger partial charge in [-0.1, -0.05) is 17.8 Å². The Morgan fingerprint density at radius 2 is 2.12 bits per heavy atom. The number of thioether (sulfide) groups is 1. The molecule has 3 aromatic rings. The molecule has 0 amide bonds. The number of rotatable bonds is 7. The summed E-state index contributed by atoms with van der Waals surface area (Å²) in [4.78, 5) is 38.8. The Labute approximate surface area is 192 Å². The van der Waals surface area contributed by atoms with Crippen molar-refractivity contribution in [2.24, 2.45) is 14.1 Å². The van der Waals surface area contributed by atoms with Crippen LogP contribution in [-0.2, 0) is 25.4 Å². The maximum absolute atomic E-state index is 13.2. The first-order valence-corrected chi connectivity index (χ1v) is 11.9. The molecule has 4 heterocycles. The van der Waals surface area contributed by atoms with Crippen molar-refractivity contribution in [2.45, 2.75) is 42.8 Å². The van der Waals surface area contributed by atoms with Gasteiger partial charge in [0.2, 0.25) is 0 Å². The molecule has 3 aromatic heterocycles. The quantitative estimate of drug-likeness (QED) is 0.402. The van der Waals surface area contributed by atoms with E-state index in [-0.39, 0.29) is 17.5 Å². The first-order chi connectivity index (χ1) is 15.3. The van der Waals surface area contributed by atoms with Crippen LogP contribution in [0.15, 0.2) is 32.3 Å². The lowest BCUT2D eigenvalue weighted by Crippen LogP contribution is -2.42. The smallest absolute Gasteiger partial charge is 0.332 e. The van der Waals surface area contributed by atoms with E-state index in [4.69, 9.17) is 10.5 Å². The first kappa shape index (κ1) is 22.5. The number of carbonyl (C=O) groups excluding carboxylic acids is 1. The summed E-state index contributed by atoms with van der Waals surface area (Å²) in [5.41, 5.74) is 4.48. The van der Waals surface area contributed by atoms with Gasteiger partial charge in [-0.25, -0.2) is 4.79 Å². The molecule has 32 heavy (non-hydrogen) atoms. The fourth-order valence-electron chi connectivity index (χ4n) is 3.63. The lowest BCUT2D eigenvalue weighted by Gasteiger charge is -2.17. The van der Waals surface area contributed by atoms with E-state index in [0.717, 1.165) is 39.3 Å². The van der Waals surface area contributed by atoms with E-state index < -0.39 is 22.3 Å². The molecule has 0 radical (unpaired) electrons. The van der Waals surface area contributed by atoms with Gasteiger partial charge in [0.1, 0.15) is 11.4 Å². The maximum Gasteiger partial charge on any atom is 0.332 e. The molecule has 1 aliphatic heterocycles. The van der Waals surface area contributed by atoms with Crippen LogP contribution in [0.1, 0.15) is 30.1 Å². The number of nitrogens with zero attached hydrogens (tertiary/aromatic N) is 5. The second-order valence-electron chi connectivity index (χ2n) is 7.62. The van der Waals surface area contributed by atoms with Gasteiger partial charge < -0.3 is 10.5 Å². The van der Waals surface area contributed by atoms with Gasteiger partial charge in [0.05, 0.1) is 22.8 Å². The fraction of sp³-hybridized carbons (Fsp3) is 0.450. The second kappa shape index (κ2) is 9.04. The van der Waals surface area contributed by atoms with Crippen molar-refractivity contribution in [1.29, 1.82) is 0 Å². The molecule has 0 aromatic carbocycles. The summed E-state index contributed by atoms with van der Waals surface area (Å²) >= 11 is 2.76. The standard InChI is InChI=1S/C20H24N6O4S2/c1-11(15(27)14-16(21)24(2)20(29)25(3)18(14)28)32-19-23-22-17(13-7-5-9-31-13)26(19)10-12-6-4-8-30-12/h5,7,9,11-12H,4,6,8,10,21H2,1-3H3/t11-,12+/m0/s1. The largest absolute Gasteiger partial charge is 0.384 e. The molecule has 0 spiro atoms. The van der Waals surface area contributed by atoms with Crippen molar-refractivity contribution in [1.82, 2.24) is 23.9 Å². The Balaban J connectivity index is 1.66. The van der Waals surface area contributed by atoms with Gasteiger partial charge in [-0.3, -0.25) is 23.3 Å². The number of nitrogens with two attached hydrogens (primary N) is 1. The van der Waals surface area contributed by atoms with E-state index >= 15 is 0 Å². The minimum atomic E-state index is -0.705. The molecular weight excluding hydrogens is 452 g/mol. The van der Waals surface area contributed by atoms with Crippen LogP contribution in [0.5, 0.6) is 0 Å². The lowest BCUT2D eigenvalue weighted by molar-refractivity contribution is 0.0953. The molecule has 0 unspecified atom stereocenters. The lowest BCUT2D eigenvalue weighted by atomic mass is 10.1. The Morgan fingerprint density at radius 3 is 2.78 bits per heavy atom. The average molecular weight is 477 g/mol. The minimum absolute atomic E-state index is 0.0571.